The van der Waals surface area contributed by atoms with Crippen molar-refractivity contribution >= 4 is 27.7 Å². The topological polar surface area (TPSA) is 105 Å². The number of rotatable bonds is 5. The van der Waals surface area contributed by atoms with Gasteiger partial charge in [0.15, 0.2) is 17.7 Å². The summed E-state index contributed by atoms with van der Waals surface area (Å²) < 4.78 is 31.0. The van der Waals surface area contributed by atoms with Crippen molar-refractivity contribution in [3.8, 4) is 5.75 Å². The third kappa shape index (κ3) is 3.87. The first-order valence-electron chi connectivity index (χ1n) is 11.0. The molecule has 2 saturated carbocycles. The highest BCUT2D eigenvalue weighted by molar-refractivity contribution is 7.88. The van der Waals surface area contributed by atoms with E-state index in [0.29, 0.717) is 49.4 Å². The predicted octanol–water partition coefficient (Wildman–Crippen LogP) is 1.76. The lowest BCUT2D eigenvalue weighted by Gasteiger charge is -2.37. The second kappa shape index (κ2) is 7.64. The largest absolute Gasteiger partial charge is 0.475 e. The third-order valence-electron chi connectivity index (χ3n) is 6.70. The summed E-state index contributed by atoms with van der Waals surface area (Å²) in [5.74, 6) is 2.00. The molecule has 5 rings (SSSR count). The minimum Gasteiger partial charge on any atom is -0.475 e. The number of sulfonamides is 1. The van der Waals surface area contributed by atoms with Crippen LogP contribution in [0.25, 0.3) is 0 Å². The van der Waals surface area contributed by atoms with Crippen molar-refractivity contribution in [3.63, 3.8) is 0 Å². The fraction of sp³-hybridized carbons (Fsp3) is 0.750. The monoisotopic (exact) mass is 435 g/mol. The van der Waals surface area contributed by atoms with Gasteiger partial charge in [0.1, 0.15) is 0 Å². The first-order valence-corrected chi connectivity index (χ1v) is 12.8. The molecule has 2 aliphatic heterocycles. The minimum atomic E-state index is -3.15. The number of anilines is 2. The number of hydrogen-bond donors (Lipinski definition) is 1. The first-order chi connectivity index (χ1) is 14.4. The minimum absolute atomic E-state index is 0.0445. The molecule has 2 aliphatic carbocycles. The number of hydrogen-bond acceptors (Lipinski definition) is 7. The Kier molecular flexibility index (Phi) is 5.09. The number of amides is 1. The zero-order valence-electron chi connectivity index (χ0n) is 17.3. The van der Waals surface area contributed by atoms with E-state index in [1.807, 2.05) is 4.90 Å². The van der Waals surface area contributed by atoms with Crippen LogP contribution in [0.1, 0.15) is 51.4 Å². The third-order valence-corrected chi connectivity index (χ3v) is 8.00. The Labute approximate surface area is 177 Å². The molecule has 30 heavy (non-hydrogen) atoms. The maximum Gasteiger partial charge on any atom is 0.269 e. The van der Waals surface area contributed by atoms with Gasteiger partial charge in [0.05, 0.1) is 12.5 Å². The van der Waals surface area contributed by atoms with E-state index in [2.05, 4.69) is 10.3 Å². The summed E-state index contributed by atoms with van der Waals surface area (Å²) in [5, 5.41) is 3.34. The summed E-state index contributed by atoms with van der Waals surface area (Å²) in [5.41, 5.74) is 0. The highest BCUT2D eigenvalue weighted by Crippen LogP contribution is 2.43. The molecule has 4 aliphatic rings. The van der Waals surface area contributed by atoms with E-state index >= 15 is 0 Å². The van der Waals surface area contributed by atoms with Crippen LogP contribution in [-0.4, -0.2) is 66.1 Å². The predicted molar refractivity (Wildman–Crippen MR) is 112 cm³/mol. The van der Waals surface area contributed by atoms with Gasteiger partial charge in [0, 0.05) is 31.1 Å². The molecule has 0 spiro atoms. The summed E-state index contributed by atoms with van der Waals surface area (Å²) in [6.07, 6.45) is 10.3. The Morgan fingerprint density at radius 1 is 1.10 bits per heavy atom. The van der Waals surface area contributed by atoms with Crippen LogP contribution in [0, 0.1) is 5.92 Å². The highest BCUT2D eigenvalue weighted by Gasteiger charge is 2.47. The zero-order valence-corrected chi connectivity index (χ0v) is 18.1. The van der Waals surface area contributed by atoms with Gasteiger partial charge in [0.2, 0.25) is 16.0 Å². The Balaban J connectivity index is 1.35. The van der Waals surface area contributed by atoms with Gasteiger partial charge in [-0.05, 0) is 38.5 Å². The van der Waals surface area contributed by atoms with E-state index in [1.54, 1.807) is 6.20 Å². The summed E-state index contributed by atoms with van der Waals surface area (Å²) >= 11 is 0. The Hall–Kier alpha value is -1.94. The van der Waals surface area contributed by atoms with E-state index in [1.165, 1.54) is 10.6 Å². The standard InChI is InChI=1S/C20H29N5O4S/c1-30(27,28)24-10-8-14(9-11-24)22-20-21-12-16-18(23-20)25(15-4-2-3-5-15)19(26)17(29-16)13-6-7-13/h12-15,17H,2-11H2,1H3,(H,21,22,23)/t17-/m0/s1. The van der Waals surface area contributed by atoms with Crippen molar-refractivity contribution in [2.75, 3.05) is 29.6 Å². The number of carbonyl (C=O) groups excluding carboxylic acids is 1. The number of aromatic nitrogens is 2. The van der Waals surface area contributed by atoms with Crippen molar-refractivity contribution in [2.45, 2.75) is 69.6 Å². The second-order valence-electron chi connectivity index (χ2n) is 8.98. The molecular formula is C20H29N5O4S. The summed E-state index contributed by atoms with van der Waals surface area (Å²) in [6.45, 7) is 0.973. The molecular weight excluding hydrogens is 406 g/mol. The van der Waals surface area contributed by atoms with Crippen LogP contribution in [0.15, 0.2) is 6.20 Å². The van der Waals surface area contributed by atoms with Gasteiger partial charge in [-0.25, -0.2) is 17.7 Å². The molecule has 3 heterocycles. The molecule has 164 valence electrons. The Bertz CT molecular complexity index is 921. The number of carbonyl (C=O) groups is 1. The van der Waals surface area contributed by atoms with Gasteiger partial charge >= 0.3 is 0 Å². The molecule has 1 amide bonds. The number of nitrogens with one attached hydrogen (secondary N) is 1. The average molecular weight is 436 g/mol. The lowest BCUT2D eigenvalue weighted by atomic mass is 10.1. The van der Waals surface area contributed by atoms with Crippen molar-refractivity contribution in [1.29, 1.82) is 0 Å². The molecule has 0 aromatic carbocycles. The molecule has 1 N–H and O–H groups in total. The highest BCUT2D eigenvalue weighted by atomic mass is 32.2. The van der Waals surface area contributed by atoms with Crippen molar-refractivity contribution in [1.82, 2.24) is 14.3 Å². The van der Waals surface area contributed by atoms with Gasteiger partial charge in [-0.15, -0.1) is 0 Å². The van der Waals surface area contributed by atoms with Gasteiger partial charge in [-0.2, -0.15) is 4.98 Å². The van der Waals surface area contributed by atoms with E-state index in [-0.39, 0.29) is 18.0 Å². The molecule has 1 atom stereocenters. The molecule has 1 aromatic rings. The molecule has 1 aromatic heterocycles. The van der Waals surface area contributed by atoms with Gasteiger partial charge in [-0.1, -0.05) is 12.8 Å². The summed E-state index contributed by atoms with van der Waals surface area (Å²) in [6, 6.07) is 0.280. The summed E-state index contributed by atoms with van der Waals surface area (Å²) in [7, 11) is -3.15. The van der Waals surface area contributed by atoms with Crippen molar-refractivity contribution in [3.05, 3.63) is 6.20 Å². The molecule has 0 bridgehead atoms. The fourth-order valence-electron chi connectivity index (χ4n) is 4.84. The van der Waals surface area contributed by atoms with Crippen LogP contribution < -0.4 is 15.0 Å². The molecule has 9 nitrogen and oxygen atoms in total. The first kappa shape index (κ1) is 20.0. The van der Waals surface area contributed by atoms with Gasteiger partial charge in [-0.3, -0.25) is 9.69 Å². The normalized spacial score (nSPS) is 26.5. The molecule has 0 radical (unpaired) electrons. The number of ether oxygens (including phenoxy) is 1. The molecule has 1 saturated heterocycles. The number of nitrogens with zero attached hydrogens (tertiary/aromatic N) is 4. The maximum atomic E-state index is 13.2. The van der Waals surface area contributed by atoms with Crippen LogP contribution >= 0.6 is 0 Å². The quantitative estimate of drug-likeness (QED) is 0.751. The van der Waals surface area contributed by atoms with E-state index in [0.717, 1.165) is 38.5 Å². The van der Waals surface area contributed by atoms with Crippen molar-refractivity contribution < 1.29 is 17.9 Å². The Morgan fingerprint density at radius 3 is 2.43 bits per heavy atom. The summed E-state index contributed by atoms with van der Waals surface area (Å²) in [4.78, 5) is 24.3. The van der Waals surface area contributed by atoms with Gasteiger partial charge in [0.25, 0.3) is 5.91 Å². The molecule has 10 heteroatoms. The SMILES string of the molecule is CS(=O)(=O)N1CCC(Nc2ncc3c(n2)N(C2CCCC2)C(=O)[C@H](C2CC2)O3)CC1. The number of piperidine rings is 1. The maximum absolute atomic E-state index is 13.2. The van der Waals surface area contributed by atoms with Crippen LogP contribution in [0.3, 0.4) is 0 Å². The zero-order chi connectivity index (χ0) is 20.9. The molecule has 3 fully saturated rings. The molecule has 0 unspecified atom stereocenters. The van der Waals surface area contributed by atoms with E-state index < -0.39 is 16.1 Å². The van der Waals surface area contributed by atoms with Crippen LogP contribution in [0.5, 0.6) is 5.75 Å². The van der Waals surface area contributed by atoms with E-state index in [9.17, 15) is 13.2 Å². The van der Waals surface area contributed by atoms with Crippen LogP contribution in [0.2, 0.25) is 0 Å². The van der Waals surface area contributed by atoms with Crippen LogP contribution in [0.4, 0.5) is 11.8 Å². The Morgan fingerprint density at radius 2 is 1.80 bits per heavy atom. The fourth-order valence-corrected chi connectivity index (χ4v) is 5.72. The lowest BCUT2D eigenvalue weighted by Crippen LogP contribution is -2.51. The average Bonchev–Trinajstić information content (AvgIpc) is 3.42. The van der Waals surface area contributed by atoms with Crippen molar-refractivity contribution in [2.24, 2.45) is 5.92 Å². The second-order valence-corrected chi connectivity index (χ2v) is 11.0. The lowest BCUT2D eigenvalue weighted by molar-refractivity contribution is -0.127. The van der Waals surface area contributed by atoms with E-state index in [4.69, 9.17) is 9.72 Å². The number of fused-ring (bicyclic) bond motifs is 1. The van der Waals surface area contributed by atoms with Gasteiger partial charge < -0.3 is 10.1 Å². The van der Waals surface area contributed by atoms with Crippen LogP contribution in [-0.2, 0) is 14.8 Å². The smallest absolute Gasteiger partial charge is 0.269 e.